The van der Waals surface area contributed by atoms with Crippen molar-refractivity contribution in [1.29, 1.82) is 0 Å². The zero-order valence-corrected chi connectivity index (χ0v) is 17.7. The maximum absolute atomic E-state index is 13.1. The second-order valence-electron chi connectivity index (χ2n) is 7.77. The smallest absolute Gasteiger partial charge is 0.295 e. The first-order valence-electron chi connectivity index (χ1n) is 10.4. The average Bonchev–Trinajstić information content (AvgIpc) is 3.03. The van der Waals surface area contributed by atoms with Crippen LogP contribution in [0.5, 0.6) is 0 Å². The zero-order chi connectivity index (χ0) is 22.0. The van der Waals surface area contributed by atoms with Crippen LogP contribution in [-0.4, -0.2) is 76.0 Å². The van der Waals surface area contributed by atoms with Gasteiger partial charge in [-0.3, -0.25) is 14.5 Å². The topological polar surface area (TPSA) is 95.9 Å². The number of morpholine rings is 1. The Morgan fingerprint density at radius 2 is 1.84 bits per heavy atom. The van der Waals surface area contributed by atoms with Gasteiger partial charge in [-0.1, -0.05) is 30.3 Å². The lowest BCUT2D eigenvalue weighted by atomic mass is 9.95. The van der Waals surface area contributed by atoms with Crippen molar-refractivity contribution < 1.29 is 19.4 Å². The zero-order valence-electron chi connectivity index (χ0n) is 17.7. The van der Waals surface area contributed by atoms with Crippen LogP contribution in [0.25, 0.3) is 5.76 Å². The fourth-order valence-corrected chi connectivity index (χ4v) is 4.13. The molecule has 0 bridgehead atoms. The molecule has 4 rings (SSSR count). The molecule has 2 fully saturated rings. The molecular weight excluding hydrogens is 396 g/mol. The molecule has 8 heteroatoms. The third-order valence-electron chi connectivity index (χ3n) is 5.77. The van der Waals surface area contributed by atoms with Crippen molar-refractivity contribution in [1.82, 2.24) is 19.8 Å². The number of ketones is 1. The highest BCUT2D eigenvalue weighted by Gasteiger charge is 2.46. The van der Waals surface area contributed by atoms with Gasteiger partial charge in [-0.05, 0) is 19.4 Å². The lowest BCUT2D eigenvalue weighted by Crippen LogP contribution is -2.42. The molecule has 2 aliphatic heterocycles. The van der Waals surface area contributed by atoms with E-state index in [1.807, 2.05) is 30.3 Å². The Balaban J connectivity index is 1.74. The number of aromatic nitrogens is 2. The molecular formula is C23H26N4O4. The summed E-state index contributed by atoms with van der Waals surface area (Å²) < 4.78 is 5.39. The molecule has 162 valence electrons. The van der Waals surface area contributed by atoms with E-state index in [9.17, 15) is 14.7 Å². The molecule has 8 nitrogen and oxygen atoms in total. The first kappa shape index (κ1) is 21.1. The fourth-order valence-electron chi connectivity index (χ4n) is 4.13. The Morgan fingerprint density at radius 1 is 1.13 bits per heavy atom. The lowest BCUT2D eigenvalue weighted by molar-refractivity contribution is -0.140. The van der Waals surface area contributed by atoms with Crippen LogP contribution in [0.4, 0.5) is 0 Å². The third-order valence-corrected chi connectivity index (χ3v) is 5.77. The average molecular weight is 422 g/mol. The summed E-state index contributed by atoms with van der Waals surface area (Å²) in [5.41, 5.74) is 1.76. The number of aliphatic hydroxyl groups excluding tert-OH is 1. The summed E-state index contributed by atoms with van der Waals surface area (Å²) in [6, 6.07) is 8.66. The largest absolute Gasteiger partial charge is 0.507 e. The number of carbonyl (C=O) groups is 2. The van der Waals surface area contributed by atoms with Crippen molar-refractivity contribution in [2.24, 2.45) is 0 Å². The molecule has 1 N–H and O–H groups in total. The number of rotatable bonds is 5. The number of hydrogen-bond donors (Lipinski definition) is 1. The molecule has 31 heavy (non-hydrogen) atoms. The van der Waals surface area contributed by atoms with Gasteiger partial charge in [-0.15, -0.1) is 0 Å². The molecule has 2 aromatic rings. The van der Waals surface area contributed by atoms with E-state index in [0.29, 0.717) is 43.4 Å². The maximum atomic E-state index is 13.1. The van der Waals surface area contributed by atoms with E-state index < -0.39 is 17.7 Å². The predicted octanol–water partition coefficient (Wildman–Crippen LogP) is 1.85. The van der Waals surface area contributed by atoms with E-state index in [1.165, 1.54) is 6.20 Å². The summed E-state index contributed by atoms with van der Waals surface area (Å²) in [6.07, 6.45) is 1.50. The van der Waals surface area contributed by atoms with Gasteiger partial charge in [0.1, 0.15) is 11.6 Å². The van der Waals surface area contributed by atoms with E-state index in [1.54, 1.807) is 18.7 Å². The van der Waals surface area contributed by atoms with Crippen molar-refractivity contribution in [3.05, 3.63) is 64.7 Å². The van der Waals surface area contributed by atoms with Gasteiger partial charge in [0.2, 0.25) is 0 Å². The minimum atomic E-state index is -0.687. The van der Waals surface area contributed by atoms with E-state index in [2.05, 4.69) is 14.9 Å². The van der Waals surface area contributed by atoms with E-state index in [0.717, 1.165) is 18.7 Å². The fraction of sp³-hybridized carbons (Fsp3) is 0.391. The number of aliphatic hydroxyl groups is 1. The number of Topliss-reactive ketones (excluding diaryl/α,β-unsaturated/α-hetero) is 1. The highest BCUT2D eigenvalue weighted by molar-refractivity contribution is 6.46. The van der Waals surface area contributed by atoms with Gasteiger partial charge in [0.25, 0.3) is 11.7 Å². The van der Waals surface area contributed by atoms with E-state index >= 15 is 0 Å². The molecule has 1 atom stereocenters. The van der Waals surface area contributed by atoms with Gasteiger partial charge in [-0.2, -0.15) is 0 Å². The molecule has 2 saturated heterocycles. The minimum Gasteiger partial charge on any atom is -0.507 e. The number of nitrogens with zero attached hydrogens (tertiary/aromatic N) is 4. The van der Waals surface area contributed by atoms with Crippen LogP contribution in [0.1, 0.15) is 28.7 Å². The summed E-state index contributed by atoms with van der Waals surface area (Å²) in [6.45, 7) is 7.42. The van der Waals surface area contributed by atoms with E-state index in [4.69, 9.17) is 4.74 Å². The Bertz CT molecular complexity index is 1020. The standard InChI is InChI=1S/C23H26N4O4/c1-15-18(14-24-16(2)25-15)21(28)19-20(17-6-4-3-5-7-17)27(23(30)22(19)29)9-8-26-10-12-31-13-11-26/h3-7,14,20,28H,8-13H2,1-2H3/t20-/m1/s1. The molecule has 1 aromatic heterocycles. The summed E-state index contributed by atoms with van der Waals surface area (Å²) >= 11 is 0. The molecule has 0 aliphatic carbocycles. The van der Waals surface area contributed by atoms with Gasteiger partial charge in [0, 0.05) is 32.4 Å². The number of hydrogen-bond acceptors (Lipinski definition) is 7. The van der Waals surface area contributed by atoms with Crippen LogP contribution in [-0.2, 0) is 14.3 Å². The van der Waals surface area contributed by atoms with Crippen LogP contribution < -0.4 is 0 Å². The van der Waals surface area contributed by atoms with Crippen molar-refractivity contribution >= 4 is 17.4 Å². The second kappa shape index (κ2) is 8.95. The Morgan fingerprint density at radius 3 is 2.52 bits per heavy atom. The monoisotopic (exact) mass is 422 g/mol. The second-order valence-corrected chi connectivity index (χ2v) is 7.77. The molecule has 0 radical (unpaired) electrons. The van der Waals surface area contributed by atoms with Crippen molar-refractivity contribution in [2.45, 2.75) is 19.9 Å². The Labute approximate surface area is 181 Å². The third kappa shape index (κ3) is 4.22. The predicted molar refractivity (Wildman–Crippen MR) is 114 cm³/mol. The number of ether oxygens (including phenoxy) is 1. The number of likely N-dealkylation sites (tertiary alicyclic amines) is 1. The van der Waals surface area contributed by atoms with Crippen molar-refractivity contribution in [3.8, 4) is 0 Å². The van der Waals surface area contributed by atoms with Gasteiger partial charge in [0.15, 0.2) is 0 Å². The van der Waals surface area contributed by atoms with E-state index in [-0.39, 0.29) is 11.3 Å². The van der Waals surface area contributed by atoms with Gasteiger partial charge >= 0.3 is 0 Å². The van der Waals surface area contributed by atoms with Gasteiger partial charge < -0.3 is 14.7 Å². The first-order chi connectivity index (χ1) is 15.0. The van der Waals surface area contributed by atoms with Crippen LogP contribution in [0.3, 0.4) is 0 Å². The molecule has 0 spiro atoms. The summed E-state index contributed by atoms with van der Waals surface area (Å²) in [5.74, 6) is -0.958. The first-order valence-corrected chi connectivity index (χ1v) is 10.4. The van der Waals surface area contributed by atoms with Crippen LogP contribution >= 0.6 is 0 Å². The summed E-state index contributed by atoms with van der Waals surface area (Å²) in [7, 11) is 0. The van der Waals surface area contributed by atoms with Gasteiger partial charge in [0.05, 0.1) is 36.1 Å². The Hall–Kier alpha value is -3.10. The molecule has 2 aliphatic rings. The minimum absolute atomic E-state index is 0.0775. The lowest BCUT2D eigenvalue weighted by Gasteiger charge is -2.31. The van der Waals surface area contributed by atoms with Crippen molar-refractivity contribution in [3.63, 3.8) is 0 Å². The number of benzene rings is 1. The van der Waals surface area contributed by atoms with Crippen LogP contribution in [0.2, 0.25) is 0 Å². The molecule has 3 heterocycles. The molecule has 1 aromatic carbocycles. The number of amides is 1. The number of carbonyl (C=O) groups excluding carboxylic acids is 2. The SMILES string of the molecule is Cc1ncc(C(O)=C2C(=O)C(=O)N(CCN3CCOCC3)[C@@H]2c2ccccc2)c(C)n1. The van der Waals surface area contributed by atoms with Crippen LogP contribution in [0, 0.1) is 13.8 Å². The number of aryl methyl sites for hydroxylation is 2. The molecule has 0 unspecified atom stereocenters. The molecule has 0 saturated carbocycles. The summed E-state index contributed by atoms with van der Waals surface area (Å²) in [4.78, 5) is 38.3. The van der Waals surface area contributed by atoms with Crippen LogP contribution in [0.15, 0.2) is 42.1 Å². The highest BCUT2D eigenvalue weighted by Crippen LogP contribution is 2.39. The quantitative estimate of drug-likeness (QED) is 0.446. The highest BCUT2D eigenvalue weighted by atomic mass is 16.5. The summed E-state index contributed by atoms with van der Waals surface area (Å²) in [5, 5.41) is 11.1. The normalized spacial score (nSPS) is 21.6. The molecule has 1 amide bonds. The van der Waals surface area contributed by atoms with Crippen molar-refractivity contribution in [2.75, 3.05) is 39.4 Å². The maximum Gasteiger partial charge on any atom is 0.295 e. The Kier molecular flexibility index (Phi) is 6.11. The van der Waals surface area contributed by atoms with Gasteiger partial charge in [-0.25, -0.2) is 9.97 Å².